The number of piperidine rings is 2. The highest BCUT2D eigenvalue weighted by atomic mass is 16.5. The van der Waals surface area contributed by atoms with Gasteiger partial charge in [0, 0.05) is 24.6 Å². The average Bonchev–Trinajstić information content (AvgIpc) is 2.91. The Morgan fingerprint density at radius 2 is 1.91 bits per heavy atom. The highest BCUT2D eigenvalue weighted by Gasteiger charge is 2.29. The number of nitrogens with one attached hydrogen (secondary N) is 2. The highest BCUT2D eigenvalue weighted by Crippen LogP contribution is 2.23. The Hall–Kier alpha value is -2.69. The Kier molecular flexibility index (Phi) is 13.1. The van der Waals surface area contributed by atoms with E-state index >= 15 is 0 Å². The van der Waals surface area contributed by atoms with Gasteiger partial charge in [0.1, 0.15) is 6.61 Å². The summed E-state index contributed by atoms with van der Waals surface area (Å²) >= 11 is 0. The molecular formula is C28H41N3O4. The molecular weight excluding hydrogens is 442 g/mol. The lowest BCUT2D eigenvalue weighted by atomic mass is 9.92. The summed E-state index contributed by atoms with van der Waals surface area (Å²) in [6, 6.07) is 7.59. The van der Waals surface area contributed by atoms with Crippen molar-refractivity contribution in [3.05, 3.63) is 35.4 Å². The number of imide groups is 1. The van der Waals surface area contributed by atoms with Gasteiger partial charge >= 0.3 is 0 Å². The van der Waals surface area contributed by atoms with Crippen LogP contribution >= 0.6 is 0 Å². The lowest BCUT2D eigenvalue weighted by Crippen LogP contribution is -2.45. The third-order valence-electron chi connectivity index (χ3n) is 6.45. The molecule has 1 aromatic rings. The number of carbonyl (C=O) groups is 3. The van der Waals surface area contributed by atoms with Gasteiger partial charge in [0.25, 0.3) is 0 Å². The van der Waals surface area contributed by atoms with E-state index < -0.39 is 0 Å². The van der Waals surface area contributed by atoms with Crippen LogP contribution in [0.1, 0.15) is 76.3 Å². The van der Waals surface area contributed by atoms with Crippen molar-refractivity contribution in [3.63, 3.8) is 0 Å². The van der Waals surface area contributed by atoms with Gasteiger partial charge in [-0.3, -0.25) is 19.7 Å². The van der Waals surface area contributed by atoms with Crippen LogP contribution in [0.3, 0.4) is 0 Å². The van der Waals surface area contributed by atoms with Crippen LogP contribution in [-0.4, -0.2) is 62.0 Å². The van der Waals surface area contributed by atoms with Gasteiger partial charge in [-0.2, -0.15) is 0 Å². The maximum atomic E-state index is 12.7. The Labute approximate surface area is 210 Å². The number of rotatable bonds is 8. The number of carbonyl (C=O) groups excluding carboxylic acids is 3. The van der Waals surface area contributed by atoms with Crippen LogP contribution in [0.5, 0.6) is 0 Å². The minimum Gasteiger partial charge on any atom is -0.365 e. The second-order valence-electron chi connectivity index (χ2n) is 8.75. The average molecular weight is 484 g/mol. The molecule has 2 saturated heterocycles. The van der Waals surface area contributed by atoms with Crippen LogP contribution in [0.25, 0.3) is 0 Å². The monoisotopic (exact) mass is 483 g/mol. The Morgan fingerprint density at radius 1 is 1.20 bits per heavy atom. The number of hydrogen-bond donors (Lipinski definition) is 2. The van der Waals surface area contributed by atoms with Gasteiger partial charge in [0.15, 0.2) is 0 Å². The predicted octanol–water partition coefficient (Wildman–Crippen LogP) is 3.23. The lowest BCUT2D eigenvalue weighted by molar-refractivity contribution is -0.138. The topological polar surface area (TPSA) is 87.7 Å². The molecule has 2 aliphatic heterocycles. The zero-order valence-electron chi connectivity index (χ0n) is 21.5. The van der Waals surface area contributed by atoms with E-state index in [0.717, 1.165) is 69.4 Å². The van der Waals surface area contributed by atoms with E-state index in [2.05, 4.69) is 22.5 Å². The molecule has 2 fully saturated rings. The van der Waals surface area contributed by atoms with Crippen LogP contribution in [0, 0.1) is 17.8 Å². The second-order valence-corrected chi connectivity index (χ2v) is 8.75. The van der Waals surface area contributed by atoms with Crippen molar-refractivity contribution in [2.45, 2.75) is 71.3 Å². The van der Waals surface area contributed by atoms with Gasteiger partial charge in [0.2, 0.25) is 18.2 Å². The van der Waals surface area contributed by atoms with Gasteiger partial charge in [-0.15, -0.1) is 0 Å². The minimum atomic E-state index is -0.365. The fraction of sp³-hybridized carbons (Fsp3) is 0.607. The number of hydrogen-bond acceptors (Lipinski definition) is 5. The third kappa shape index (κ3) is 9.12. The van der Waals surface area contributed by atoms with Gasteiger partial charge in [-0.05, 0) is 62.9 Å². The summed E-state index contributed by atoms with van der Waals surface area (Å²) in [7, 11) is 0. The second kappa shape index (κ2) is 16.1. The molecule has 7 heteroatoms. The molecule has 0 saturated carbocycles. The largest absolute Gasteiger partial charge is 0.365 e. The van der Waals surface area contributed by atoms with E-state index in [4.69, 9.17) is 4.74 Å². The molecule has 2 heterocycles. The molecule has 7 nitrogen and oxygen atoms in total. The summed E-state index contributed by atoms with van der Waals surface area (Å²) in [6.45, 7) is 9.72. The van der Waals surface area contributed by atoms with Crippen molar-refractivity contribution in [1.82, 2.24) is 15.5 Å². The van der Waals surface area contributed by atoms with Crippen molar-refractivity contribution in [2.75, 3.05) is 32.8 Å². The van der Waals surface area contributed by atoms with Crippen LogP contribution in [0.4, 0.5) is 0 Å². The zero-order valence-corrected chi connectivity index (χ0v) is 21.5. The summed E-state index contributed by atoms with van der Waals surface area (Å²) in [5.41, 5.74) is 1.67. The van der Waals surface area contributed by atoms with Crippen molar-refractivity contribution in [1.29, 1.82) is 0 Å². The summed E-state index contributed by atoms with van der Waals surface area (Å²) in [6.07, 6.45) is 5.63. The van der Waals surface area contributed by atoms with Crippen molar-refractivity contribution < 1.29 is 19.1 Å². The number of likely N-dealkylation sites (tertiary alicyclic amines) is 1. The Morgan fingerprint density at radius 3 is 2.57 bits per heavy atom. The maximum absolute atomic E-state index is 12.7. The van der Waals surface area contributed by atoms with E-state index in [-0.39, 0.29) is 23.8 Å². The molecule has 3 amide bonds. The summed E-state index contributed by atoms with van der Waals surface area (Å²) in [5.74, 6) is 6.01. The number of benzene rings is 1. The molecule has 0 radical (unpaired) electrons. The standard InChI is InChI=1S/C26H35N3O4.C2H6/c1-2-5-24(25(31)28-19-30)22-8-3-6-20(18-22)7-4-17-33-23-11-15-29(16-12-23)26(32)21-9-13-27-14-10-21;1-2/h3,6,8,18-19,21,23-24,27H,2,5,9-17H2,1H3,(H,28,30,31);1-2H3. The van der Waals surface area contributed by atoms with Gasteiger partial charge in [-0.1, -0.05) is 51.2 Å². The molecule has 0 aliphatic carbocycles. The zero-order chi connectivity index (χ0) is 25.5. The third-order valence-corrected chi connectivity index (χ3v) is 6.45. The lowest BCUT2D eigenvalue weighted by Gasteiger charge is -2.35. The molecule has 1 unspecified atom stereocenters. The first-order chi connectivity index (χ1) is 17.1. The van der Waals surface area contributed by atoms with Gasteiger partial charge in [0.05, 0.1) is 12.0 Å². The SMILES string of the molecule is CC.CCCC(C(=O)NC=O)c1cccc(C#CCOC2CCN(C(=O)C3CCNCC3)CC2)c1. The molecule has 1 aromatic carbocycles. The number of amides is 3. The summed E-state index contributed by atoms with van der Waals surface area (Å²) < 4.78 is 5.94. The molecule has 192 valence electrons. The van der Waals surface area contributed by atoms with Crippen LogP contribution in [0.15, 0.2) is 24.3 Å². The molecule has 0 bridgehead atoms. The van der Waals surface area contributed by atoms with E-state index in [1.165, 1.54) is 0 Å². The fourth-order valence-electron chi connectivity index (χ4n) is 4.60. The minimum absolute atomic E-state index is 0.128. The van der Waals surface area contributed by atoms with Crippen LogP contribution < -0.4 is 10.6 Å². The quantitative estimate of drug-likeness (QED) is 0.438. The maximum Gasteiger partial charge on any atom is 0.233 e. The first kappa shape index (κ1) is 28.5. The molecule has 35 heavy (non-hydrogen) atoms. The molecule has 2 aliphatic rings. The predicted molar refractivity (Wildman–Crippen MR) is 138 cm³/mol. The molecule has 0 aromatic heterocycles. The smallest absolute Gasteiger partial charge is 0.233 e. The molecule has 2 N–H and O–H groups in total. The van der Waals surface area contributed by atoms with Crippen molar-refractivity contribution in [2.24, 2.45) is 5.92 Å². The molecule has 0 spiro atoms. The first-order valence-electron chi connectivity index (χ1n) is 13.1. The summed E-state index contributed by atoms with van der Waals surface area (Å²) in [4.78, 5) is 37.5. The molecule has 1 atom stereocenters. The number of nitrogens with zero attached hydrogens (tertiary/aromatic N) is 1. The van der Waals surface area contributed by atoms with E-state index in [1.807, 2.05) is 49.9 Å². The first-order valence-corrected chi connectivity index (χ1v) is 13.1. The normalized spacial score (nSPS) is 17.3. The number of ether oxygens (including phenoxy) is 1. The van der Waals surface area contributed by atoms with Crippen molar-refractivity contribution in [3.8, 4) is 11.8 Å². The van der Waals surface area contributed by atoms with Gasteiger partial charge in [-0.25, -0.2) is 0 Å². The Bertz CT molecular complexity index is 862. The van der Waals surface area contributed by atoms with E-state index in [1.54, 1.807) is 0 Å². The Balaban J connectivity index is 0.00000210. The van der Waals surface area contributed by atoms with Gasteiger partial charge < -0.3 is 15.0 Å². The van der Waals surface area contributed by atoms with Crippen LogP contribution in [-0.2, 0) is 19.1 Å². The van der Waals surface area contributed by atoms with E-state index in [9.17, 15) is 14.4 Å². The molecule has 3 rings (SSSR count). The van der Waals surface area contributed by atoms with Crippen molar-refractivity contribution >= 4 is 18.2 Å². The van der Waals surface area contributed by atoms with E-state index in [0.29, 0.717) is 25.3 Å². The fourth-order valence-corrected chi connectivity index (χ4v) is 4.60. The van der Waals surface area contributed by atoms with Crippen LogP contribution in [0.2, 0.25) is 0 Å². The highest BCUT2D eigenvalue weighted by molar-refractivity contribution is 5.91. The summed E-state index contributed by atoms with van der Waals surface area (Å²) in [5, 5.41) is 5.57.